The summed E-state index contributed by atoms with van der Waals surface area (Å²) in [5.74, 6) is 0.159. The number of anilines is 1. The van der Waals surface area contributed by atoms with Crippen molar-refractivity contribution in [2.75, 3.05) is 12.8 Å². The zero-order valence-electron chi connectivity index (χ0n) is 7.90. The summed E-state index contributed by atoms with van der Waals surface area (Å²) in [4.78, 5) is 0. The summed E-state index contributed by atoms with van der Waals surface area (Å²) in [7, 11) is 1.47. The minimum absolute atomic E-state index is 0.0729. The predicted octanol–water partition coefficient (Wildman–Crippen LogP) is 1.47. The molecule has 0 saturated carbocycles. The Morgan fingerprint density at radius 3 is 2.80 bits per heavy atom. The van der Waals surface area contributed by atoms with Crippen molar-refractivity contribution in [1.29, 1.82) is 0 Å². The van der Waals surface area contributed by atoms with Gasteiger partial charge in [-0.15, -0.1) is 5.10 Å². The van der Waals surface area contributed by atoms with Crippen molar-refractivity contribution in [2.24, 2.45) is 0 Å². The average Bonchev–Trinajstić information content (AvgIpc) is 2.65. The molecule has 0 atom stereocenters. The van der Waals surface area contributed by atoms with E-state index in [-0.39, 0.29) is 11.9 Å². The van der Waals surface area contributed by atoms with Crippen LogP contribution in [0.15, 0.2) is 22.6 Å². The minimum atomic E-state index is -0.414. The number of halogens is 1. The van der Waals surface area contributed by atoms with Gasteiger partial charge in [0.1, 0.15) is 11.6 Å². The molecule has 78 valence electrons. The van der Waals surface area contributed by atoms with Crippen LogP contribution in [0.3, 0.4) is 0 Å². The zero-order chi connectivity index (χ0) is 10.8. The lowest BCUT2D eigenvalue weighted by molar-refractivity contribution is 0.413. The molecule has 0 aliphatic rings. The van der Waals surface area contributed by atoms with Crippen molar-refractivity contribution in [3.63, 3.8) is 0 Å². The number of hydrogen-bond acceptors (Lipinski definition) is 5. The number of methoxy groups -OCH3 is 1. The highest BCUT2D eigenvalue weighted by atomic mass is 19.1. The van der Waals surface area contributed by atoms with E-state index in [0.717, 1.165) is 0 Å². The molecule has 5 nitrogen and oxygen atoms in total. The molecule has 2 aromatic rings. The molecule has 2 N–H and O–H groups in total. The van der Waals surface area contributed by atoms with Crippen molar-refractivity contribution >= 4 is 6.01 Å². The van der Waals surface area contributed by atoms with E-state index >= 15 is 0 Å². The molecule has 1 heterocycles. The highest BCUT2D eigenvalue weighted by Gasteiger charge is 2.13. The topological polar surface area (TPSA) is 74.2 Å². The van der Waals surface area contributed by atoms with E-state index < -0.39 is 5.82 Å². The van der Waals surface area contributed by atoms with Gasteiger partial charge >= 0.3 is 6.01 Å². The van der Waals surface area contributed by atoms with Gasteiger partial charge in [0.25, 0.3) is 5.89 Å². The fourth-order valence-corrected chi connectivity index (χ4v) is 1.19. The molecule has 15 heavy (non-hydrogen) atoms. The first-order chi connectivity index (χ1) is 7.20. The first-order valence-corrected chi connectivity index (χ1v) is 4.13. The predicted molar refractivity (Wildman–Crippen MR) is 50.7 cm³/mol. The maximum atomic E-state index is 13.0. The monoisotopic (exact) mass is 209 g/mol. The fourth-order valence-electron chi connectivity index (χ4n) is 1.19. The molecule has 1 aromatic carbocycles. The second-order valence-corrected chi connectivity index (χ2v) is 2.79. The van der Waals surface area contributed by atoms with Crippen molar-refractivity contribution in [3.05, 3.63) is 24.0 Å². The van der Waals surface area contributed by atoms with Crippen LogP contribution >= 0.6 is 0 Å². The molecule has 2 rings (SSSR count). The van der Waals surface area contributed by atoms with E-state index in [1.165, 1.54) is 25.3 Å². The van der Waals surface area contributed by atoms with Gasteiger partial charge in [0.15, 0.2) is 0 Å². The van der Waals surface area contributed by atoms with Gasteiger partial charge in [-0.2, -0.15) is 0 Å². The van der Waals surface area contributed by atoms with Crippen LogP contribution in [0.25, 0.3) is 11.5 Å². The second-order valence-electron chi connectivity index (χ2n) is 2.79. The van der Waals surface area contributed by atoms with Gasteiger partial charge in [-0.05, 0) is 18.2 Å². The summed E-state index contributed by atoms with van der Waals surface area (Å²) in [6.45, 7) is 0. The van der Waals surface area contributed by atoms with E-state index in [2.05, 4.69) is 10.2 Å². The first kappa shape index (κ1) is 9.45. The van der Waals surface area contributed by atoms with Gasteiger partial charge in [0.05, 0.1) is 12.7 Å². The summed E-state index contributed by atoms with van der Waals surface area (Å²) in [6, 6.07) is 3.93. The lowest BCUT2D eigenvalue weighted by Crippen LogP contribution is -1.89. The van der Waals surface area contributed by atoms with Crippen LogP contribution in [0, 0.1) is 5.82 Å². The van der Waals surface area contributed by atoms with Gasteiger partial charge in [0.2, 0.25) is 0 Å². The Labute approximate surface area is 84.7 Å². The quantitative estimate of drug-likeness (QED) is 0.810. The van der Waals surface area contributed by atoms with Crippen molar-refractivity contribution in [3.8, 4) is 17.2 Å². The number of nitrogen functional groups attached to an aromatic ring is 1. The molecule has 0 radical (unpaired) electrons. The van der Waals surface area contributed by atoms with Crippen LogP contribution in [-0.2, 0) is 0 Å². The van der Waals surface area contributed by atoms with Crippen molar-refractivity contribution < 1.29 is 13.5 Å². The van der Waals surface area contributed by atoms with E-state index in [9.17, 15) is 4.39 Å². The number of aromatic nitrogens is 2. The Bertz CT molecular complexity index is 484. The first-order valence-electron chi connectivity index (χ1n) is 4.13. The fraction of sp³-hybridized carbons (Fsp3) is 0.111. The summed E-state index contributed by atoms with van der Waals surface area (Å²) in [5.41, 5.74) is 5.65. The largest absolute Gasteiger partial charge is 0.496 e. The van der Waals surface area contributed by atoms with E-state index in [1.807, 2.05) is 0 Å². The standard InChI is InChI=1S/C9H8FN3O2/c1-14-7-3-2-5(10)4-6(7)8-12-13-9(11)15-8/h2-4H,1H3,(H2,11,13). The zero-order valence-corrected chi connectivity index (χ0v) is 7.90. The lowest BCUT2D eigenvalue weighted by Gasteiger charge is -2.03. The molecular formula is C9H8FN3O2. The lowest BCUT2D eigenvalue weighted by atomic mass is 10.2. The van der Waals surface area contributed by atoms with E-state index in [0.29, 0.717) is 11.3 Å². The van der Waals surface area contributed by atoms with Gasteiger partial charge in [-0.3, -0.25) is 0 Å². The van der Waals surface area contributed by atoms with Crippen molar-refractivity contribution in [1.82, 2.24) is 10.2 Å². The van der Waals surface area contributed by atoms with Gasteiger partial charge < -0.3 is 14.9 Å². The van der Waals surface area contributed by atoms with E-state index in [4.69, 9.17) is 14.9 Å². The number of hydrogen-bond donors (Lipinski definition) is 1. The molecule has 0 aliphatic carbocycles. The maximum Gasteiger partial charge on any atom is 0.313 e. The molecule has 0 bridgehead atoms. The third-order valence-corrected chi connectivity index (χ3v) is 1.83. The minimum Gasteiger partial charge on any atom is -0.496 e. The smallest absolute Gasteiger partial charge is 0.313 e. The SMILES string of the molecule is COc1ccc(F)cc1-c1nnc(N)o1. The number of nitrogens with zero attached hydrogens (tertiary/aromatic N) is 2. The molecule has 0 fully saturated rings. The maximum absolute atomic E-state index is 13.0. The highest BCUT2D eigenvalue weighted by molar-refractivity contribution is 5.62. The van der Waals surface area contributed by atoms with Crippen molar-refractivity contribution in [2.45, 2.75) is 0 Å². The third kappa shape index (κ3) is 1.74. The number of ether oxygens (including phenoxy) is 1. The van der Waals surface area contributed by atoms with Crippen LogP contribution in [0.1, 0.15) is 0 Å². The van der Waals surface area contributed by atoms with E-state index in [1.54, 1.807) is 0 Å². The Hall–Kier alpha value is -2.11. The summed E-state index contributed by atoms with van der Waals surface area (Å²) < 4.78 is 23.0. The molecule has 0 aliphatic heterocycles. The van der Waals surface area contributed by atoms with Crippen LogP contribution in [0.2, 0.25) is 0 Å². The molecule has 1 aromatic heterocycles. The number of benzene rings is 1. The number of rotatable bonds is 2. The van der Waals surface area contributed by atoms with Gasteiger partial charge in [-0.1, -0.05) is 5.10 Å². The molecular weight excluding hydrogens is 201 g/mol. The summed E-state index contributed by atoms with van der Waals surface area (Å²) in [5, 5.41) is 7.13. The molecule has 6 heteroatoms. The molecule has 0 saturated heterocycles. The highest BCUT2D eigenvalue weighted by Crippen LogP contribution is 2.29. The molecule has 0 spiro atoms. The third-order valence-electron chi connectivity index (χ3n) is 1.83. The molecule has 0 amide bonds. The normalized spacial score (nSPS) is 10.3. The summed E-state index contributed by atoms with van der Waals surface area (Å²) >= 11 is 0. The Balaban J connectivity index is 2.55. The van der Waals surface area contributed by atoms with Crippen LogP contribution in [0.4, 0.5) is 10.4 Å². The summed E-state index contributed by atoms with van der Waals surface area (Å²) in [6.07, 6.45) is 0. The van der Waals surface area contributed by atoms with Crippen LogP contribution in [0.5, 0.6) is 5.75 Å². The second kappa shape index (κ2) is 3.56. The van der Waals surface area contributed by atoms with Crippen LogP contribution in [-0.4, -0.2) is 17.3 Å². The Kier molecular flexibility index (Phi) is 2.24. The Morgan fingerprint density at radius 2 is 2.20 bits per heavy atom. The van der Waals surface area contributed by atoms with Crippen LogP contribution < -0.4 is 10.5 Å². The average molecular weight is 209 g/mol. The van der Waals surface area contributed by atoms with Gasteiger partial charge in [-0.25, -0.2) is 4.39 Å². The van der Waals surface area contributed by atoms with Gasteiger partial charge in [0, 0.05) is 0 Å². The number of nitrogens with two attached hydrogens (primary N) is 1. The Morgan fingerprint density at radius 1 is 1.40 bits per heavy atom. The molecule has 0 unspecified atom stereocenters.